The van der Waals surface area contributed by atoms with Crippen molar-refractivity contribution in [3.05, 3.63) is 0 Å². The molecule has 3 heteroatoms. The van der Waals surface area contributed by atoms with Crippen molar-refractivity contribution in [2.75, 3.05) is 33.2 Å². The topological polar surface area (TPSA) is 18.5 Å². The summed E-state index contributed by atoms with van der Waals surface area (Å²) in [7, 11) is 2.26. The molecule has 0 aliphatic carbocycles. The molecule has 0 spiro atoms. The highest BCUT2D eigenvalue weighted by molar-refractivity contribution is 5.00. The molecule has 2 rings (SSSR count). The minimum absolute atomic E-state index is 0.356. The van der Waals surface area contributed by atoms with E-state index in [0.717, 1.165) is 18.0 Å². The third-order valence-corrected chi connectivity index (χ3v) is 5.88. The molecule has 0 aromatic heterocycles. The van der Waals surface area contributed by atoms with Gasteiger partial charge in [0.25, 0.3) is 0 Å². The average molecular weight is 281 g/mol. The quantitative estimate of drug-likeness (QED) is 0.854. The Balaban J connectivity index is 2.10. The predicted molar refractivity (Wildman–Crippen MR) is 87.2 cm³/mol. The summed E-state index contributed by atoms with van der Waals surface area (Å²) in [5, 5.41) is 3.89. The largest absolute Gasteiger partial charge is 0.308 e. The van der Waals surface area contributed by atoms with Gasteiger partial charge in [0.15, 0.2) is 0 Å². The first kappa shape index (κ1) is 16.3. The van der Waals surface area contributed by atoms with Gasteiger partial charge in [0, 0.05) is 30.7 Å². The minimum Gasteiger partial charge on any atom is -0.308 e. The van der Waals surface area contributed by atoms with Gasteiger partial charge in [-0.1, -0.05) is 27.7 Å². The minimum atomic E-state index is 0.356. The second kappa shape index (κ2) is 6.76. The molecule has 0 amide bonds. The van der Waals surface area contributed by atoms with E-state index in [2.05, 4.69) is 49.9 Å². The molecule has 20 heavy (non-hydrogen) atoms. The van der Waals surface area contributed by atoms with Gasteiger partial charge in [-0.05, 0) is 51.7 Å². The smallest absolute Gasteiger partial charge is 0.0304 e. The molecule has 2 aliphatic rings. The van der Waals surface area contributed by atoms with Crippen molar-refractivity contribution in [2.24, 2.45) is 5.92 Å². The Kier molecular flexibility index (Phi) is 5.49. The van der Waals surface area contributed by atoms with Crippen molar-refractivity contribution in [3.8, 4) is 0 Å². The molecule has 0 aromatic carbocycles. The van der Waals surface area contributed by atoms with E-state index >= 15 is 0 Å². The van der Waals surface area contributed by atoms with Crippen molar-refractivity contribution < 1.29 is 0 Å². The number of rotatable bonds is 4. The van der Waals surface area contributed by atoms with Gasteiger partial charge in [0.05, 0.1) is 0 Å². The molecule has 1 unspecified atom stereocenters. The summed E-state index contributed by atoms with van der Waals surface area (Å²) >= 11 is 0. The second-order valence-corrected chi connectivity index (χ2v) is 7.39. The lowest BCUT2D eigenvalue weighted by molar-refractivity contribution is -0.00286. The molecule has 0 bridgehead atoms. The lowest BCUT2D eigenvalue weighted by Crippen LogP contribution is -2.67. The SMILES string of the molecule is CCC1(CC)CN(C2CCN(C)CC2)C(C(C)C)CN1. The van der Waals surface area contributed by atoms with Crippen LogP contribution in [0, 0.1) is 5.92 Å². The maximum absolute atomic E-state index is 3.89. The molecule has 1 atom stereocenters. The molecule has 0 radical (unpaired) electrons. The summed E-state index contributed by atoms with van der Waals surface area (Å²) in [5.74, 6) is 0.744. The van der Waals surface area contributed by atoms with E-state index in [1.54, 1.807) is 0 Å². The third kappa shape index (κ3) is 3.37. The van der Waals surface area contributed by atoms with Crippen molar-refractivity contribution in [3.63, 3.8) is 0 Å². The van der Waals surface area contributed by atoms with E-state index in [4.69, 9.17) is 0 Å². The number of piperazine rings is 1. The number of nitrogens with zero attached hydrogens (tertiary/aromatic N) is 2. The number of likely N-dealkylation sites (tertiary alicyclic amines) is 1. The zero-order valence-corrected chi connectivity index (χ0v) is 14.3. The van der Waals surface area contributed by atoms with Crippen LogP contribution < -0.4 is 5.32 Å². The van der Waals surface area contributed by atoms with Crippen LogP contribution in [0.25, 0.3) is 0 Å². The third-order valence-electron chi connectivity index (χ3n) is 5.88. The highest BCUT2D eigenvalue weighted by atomic mass is 15.3. The summed E-state index contributed by atoms with van der Waals surface area (Å²) < 4.78 is 0. The number of hydrogen-bond donors (Lipinski definition) is 1. The molecule has 3 nitrogen and oxygen atoms in total. The van der Waals surface area contributed by atoms with E-state index < -0.39 is 0 Å². The van der Waals surface area contributed by atoms with Gasteiger partial charge in [-0.2, -0.15) is 0 Å². The Hall–Kier alpha value is -0.120. The highest BCUT2D eigenvalue weighted by Gasteiger charge is 2.41. The fourth-order valence-electron chi connectivity index (χ4n) is 4.03. The van der Waals surface area contributed by atoms with Crippen LogP contribution in [-0.2, 0) is 0 Å². The molecule has 2 heterocycles. The average Bonchev–Trinajstić information content (AvgIpc) is 2.47. The molecule has 118 valence electrons. The van der Waals surface area contributed by atoms with Crippen LogP contribution in [0.2, 0.25) is 0 Å². The molecule has 2 aliphatic heterocycles. The van der Waals surface area contributed by atoms with Crippen molar-refractivity contribution in [1.29, 1.82) is 0 Å². The van der Waals surface area contributed by atoms with Crippen molar-refractivity contribution in [1.82, 2.24) is 15.1 Å². The standard InChI is InChI=1S/C17H35N3/c1-6-17(7-2)13-20(16(12-18-17)14(3)4)15-8-10-19(5)11-9-15/h14-16,18H,6-13H2,1-5H3. The first-order chi connectivity index (χ1) is 9.51. The van der Waals surface area contributed by atoms with Crippen LogP contribution in [0.1, 0.15) is 53.4 Å². The second-order valence-electron chi connectivity index (χ2n) is 7.39. The number of piperidine rings is 1. The fourth-order valence-corrected chi connectivity index (χ4v) is 4.03. The van der Waals surface area contributed by atoms with Gasteiger partial charge in [-0.25, -0.2) is 0 Å². The molecule has 2 fully saturated rings. The van der Waals surface area contributed by atoms with Crippen LogP contribution in [-0.4, -0.2) is 60.6 Å². The Morgan fingerprint density at radius 1 is 1.15 bits per heavy atom. The zero-order chi connectivity index (χ0) is 14.8. The molecule has 0 aromatic rings. The Bertz CT molecular complexity index is 291. The fraction of sp³-hybridized carbons (Fsp3) is 1.00. The summed E-state index contributed by atoms with van der Waals surface area (Å²) in [6, 6.07) is 1.52. The van der Waals surface area contributed by atoms with Gasteiger partial charge in [-0.15, -0.1) is 0 Å². The zero-order valence-electron chi connectivity index (χ0n) is 14.3. The monoisotopic (exact) mass is 281 g/mol. The Morgan fingerprint density at radius 2 is 1.75 bits per heavy atom. The van der Waals surface area contributed by atoms with E-state index in [-0.39, 0.29) is 0 Å². The lowest BCUT2D eigenvalue weighted by atomic mass is 9.84. The first-order valence-corrected chi connectivity index (χ1v) is 8.70. The lowest BCUT2D eigenvalue weighted by Gasteiger charge is -2.53. The van der Waals surface area contributed by atoms with Gasteiger partial charge in [-0.3, -0.25) is 4.90 Å². The van der Waals surface area contributed by atoms with Crippen molar-refractivity contribution >= 4 is 0 Å². The summed E-state index contributed by atoms with van der Waals surface area (Å²) in [6.07, 6.45) is 5.20. The summed E-state index contributed by atoms with van der Waals surface area (Å²) in [6.45, 7) is 14.4. The van der Waals surface area contributed by atoms with Crippen molar-refractivity contribution in [2.45, 2.75) is 71.0 Å². The van der Waals surface area contributed by atoms with Crippen LogP contribution >= 0.6 is 0 Å². The summed E-state index contributed by atoms with van der Waals surface area (Å²) in [5.41, 5.74) is 0.356. The normalized spacial score (nSPS) is 30.0. The molecule has 2 saturated heterocycles. The molecule has 0 saturated carbocycles. The maximum atomic E-state index is 3.89. The van der Waals surface area contributed by atoms with Crippen LogP contribution in [0.4, 0.5) is 0 Å². The van der Waals surface area contributed by atoms with E-state index in [9.17, 15) is 0 Å². The van der Waals surface area contributed by atoms with Gasteiger partial charge in [0.1, 0.15) is 0 Å². The van der Waals surface area contributed by atoms with E-state index in [1.165, 1.54) is 51.9 Å². The molecular weight excluding hydrogens is 246 g/mol. The molecule has 1 N–H and O–H groups in total. The molecular formula is C17H35N3. The van der Waals surface area contributed by atoms with Gasteiger partial charge in [0.2, 0.25) is 0 Å². The Labute approximate surface area is 126 Å². The van der Waals surface area contributed by atoms with Gasteiger partial charge >= 0.3 is 0 Å². The number of nitrogens with one attached hydrogen (secondary N) is 1. The first-order valence-electron chi connectivity index (χ1n) is 8.70. The van der Waals surface area contributed by atoms with Crippen LogP contribution in [0.5, 0.6) is 0 Å². The van der Waals surface area contributed by atoms with E-state index in [0.29, 0.717) is 5.54 Å². The predicted octanol–water partition coefficient (Wildman–Crippen LogP) is 2.57. The van der Waals surface area contributed by atoms with Gasteiger partial charge < -0.3 is 10.2 Å². The van der Waals surface area contributed by atoms with Crippen LogP contribution in [0.3, 0.4) is 0 Å². The Morgan fingerprint density at radius 3 is 2.25 bits per heavy atom. The van der Waals surface area contributed by atoms with Crippen LogP contribution in [0.15, 0.2) is 0 Å². The van der Waals surface area contributed by atoms with E-state index in [1.807, 2.05) is 0 Å². The summed E-state index contributed by atoms with van der Waals surface area (Å²) in [4.78, 5) is 5.36. The number of hydrogen-bond acceptors (Lipinski definition) is 3. The highest BCUT2D eigenvalue weighted by Crippen LogP contribution is 2.30. The maximum Gasteiger partial charge on any atom is 0.0304 e.